The molecule has 0 aliphatic rings. The van der Waals surface area contributed by atoms with E-state index in [0.29, 0.717) is 22.7 Å². The highest BCUT2D eigenvalue weighted by atomic mass is 19.2. The van der Waals surface area contributed by atoms with Crippen LogP contribution in [0.4, 0.5) is 20.3 Å². The number of aromatic nitrogens is 3. The lowest BCUT2D eigenvalue weighted by Crippen LogP contribution is -2.03. The van der Waals surface area contributed by atoms with Crippen molar-refractivity contribution in [2.45, 2.75) is 6.92 Å². The maximum Gasteiger partial charge on any atom is 0.335 e. The lowest BCUT2D eigenvalue weighted by Gasteiger charge is -2.10. The minimum absolute atomic E-state index is 0.0434. The summed E-state index contributed by atoms with van der Waals surface area (Å²) in [4.78, 5) is 19.7. The largest absolute Gasteiger partial charge is 0.478 e. The van der Waals surface area contributed by atoms with Gasteiger partial charge in [-0.05, 0) is 42.8 Å². The molecule has 2 aromatic heterocycles. The molecule has 0 bridgehead atoms. The summed E-state index contributed by atoms with van der Waals surface area (Å²) in [6.07, 6.45) is 4.41. The zero-order chi connectivity index (χ0) is 22.8. The fraction of sp³-hybridized carbons (Fsp3) is 0.0909. The molecule has 4 aromatic rings. The number of nitrogens with one attached hydrogen (secondary N) is 1. The van der Waals surface area contributed by atoms with Crippen LogP contribution in [0.2, 0.25) is 0 Å². The van der Waals surface area contributed by atoms with Crippen molar-refractivity contribution in [1.29, 1.82) is 5.26 Å². The SMILES string of the molecule is Cc1cc(Nc2nccn3c(-c4ccc(OCC#N)c(F)c4F)cnc23)ccc1C(=O)O. The van der Waals surface area contributed by atoms with Crippen LogP contribution >= 0.6 is 0 Å². The summed E-state index contributed by atoms with van der Waals surface area (Å²) in [6, 6.07) is 9.03. The minimum atomic E-state index is -1.20. The molecule has 0 atom stereocenters. The number of hydrogen-bond acceptors (Lipinski definition) is 6. The Kier molecular flexibility index (Phi) is 5.39. The number of nitrogens with zero attached hydrogens (tertiary/aromatic N) is 4. The summed E-state index contributed by atoms with van der Waals surface area (Å²) in [6.45, 7) is 1.27. The molecule has 0 amide bonds. The molecule has 0 saturated heterocycles. The Hall–Kier alpha value is -4.52. The van der Waals surface area contributed by atoms with Crippen LogP contribution in [0, 0.1) is 29.9 Å². The van der Waals surface area contributed by atoms with E-state index in [2.05, 4.69) is 15.3 Å². The number of imidazole rings is 1. The van der Waals surface area contributed by atoms with E-state index in [0.717, 1.165) is 0 Å². The third kappa shape index (κ3) is 3.67. The summed E-state index contributed by atoms with van der Waals surface area (Å²) in [5.74, 6) is -3.37. The molecule has 0 unspecified atom stereocenters. The average molecular weight is 435 g/mol. The number of carbonyl (C=O) groups is 1. The summed E-state index contributed by atoms with van der Waals surface area (Å²) >= 11 is 0. The molecule has 0 saturated carbocycles. The Morgan fingerprint density at radius 3 is 2.78 bits per heavy atom. The number of nitriles is 1. The summed E-state index contributed by atoms with van der Waals surface area (Å²) in [7, 11) is 0. The number of carboxylic acid groups (broad SMARTS) is 1. The van der Waals surface area contributed by atoms with Gasteiger partial charge in [-0.1, -0.05) is 0 Å². The fourth-order valence-corrected chi connectivity index (χ4v) is 3.28. The van der Waals surface area contributed by atoms with Crippen molar-refractivity contribution in [2.75, 3.05) is 11.9 Å². The molecule has 0 spiro atoms. The van der Waals surface area contributed by atoms with Crippen LogP contribution < -0.4 is 10.1 Å². The Labute approximate surface area is 180 Å². The predicted molar refractivity (Wildman–Crippen MR) is 111 cm³/mol. The number of hydrogen-bond donors (Lipinski definition) is 2. The molecular formula is C22H15F2N5O3. The summed E-state index contributed by atoms with van der Waals surface area (Å²) in [5, 5.41) is 20.8. The van der Waals surface area contributed by atoms with E-state index in [9.17, 15) is 18.7 Å². The highest BCUT2D eigenvalue weighted by Gasteiger charge is 2.19. The number of aryl methyl sites for hydroxylation is 1. The molecule has 2 heterocycles. The van der Waals surface area contributed by atoms with Gasteiger partial charge in [-0.3, -0.25) is 4.40 Å². The van der Waals surface area contributed by atoms with Gasteiger partial charge in [-0.25, -0.2) is 19.2 Å². The van der Waals surface area contributed by atoms with Crippen molar-refractivity contribution in [2.24, 2.45) is 0 Å². The second kappa shape index (κ2) is 8.31. The van der Waals surface area contributed by atoms with E-state index in [1.807, 2.05) is 0 Å². The lowest BCUT2D eigenvalue weighted by atomic mass is 10.1. The molecule has 0 fully saturated rings. The maximum absolute atomic E-state index is 14.7. The van der Waals surface area contributed by atoms with Gasteiger partial charge in [0.15, 0.2) is 29.6 Å². The zero-order valence-corrected chi connectivity index (χ0v) is 16.6. The van der Waals surface area contributed by atoms with E-state index in [1.165, 1.54) is 30.6 Å². The molecular weight excluding hydrogens is 420 g/mol. The average Bonchev–Trinajstić information content (AvgIpc) is 3.19. The van der Waals surface area contributed by atoms with Crippen LogP contribution in [0.25, 0.3) is 16.9 Å². The van der Waals surface area contributed by atoms with Gasteiger partial charge in [-0.15, -0.1) is 0 Å². The van der Waals surface area contributed by atoms with Crippen molar-refractivity contribution >= 4 is 23.1 Å². The van der Waals surface area contributed by atoms with Gasteiger partial charge in [0.2, 0.25) is 5.82 Å². The first-order valence-electron chi connectivity index (χ1n) is 9.32. The molecule has 8 nitrogen and oxygen atoms in total. The van der Waals surface area contributed by atoms with Gasteiger partial charge >= 0.3 is 5.97 Å². The van der Waals surface area contributed by atoms with Gasteiger partial charge < -0.3 is 15.2 Å². The summed E-state index contributed by atoms with van der Waals surface area (Å²) in [5.41, 5.74) is 1.93. The van der Waals surface area contributed by atoms with Crippen LogP contribution in [0.1, 0.15) is 15.9 Å². The third-order valence-electron chi connectivity index (χ3n) is 4.76. The summed E-state index contributed by atoms with van der Waals surface area (Å²) < 4.78 is 35.5. The number of fused-ring (bicyclic) bond motifs is 1. The number of carboxylic acids is 1. The maximum atomic E-state index is 14.7. The van der Waals surface area contributed by atoms with Gasteiger partial charge in [0, 0.05) is 23.6 Å². The number of halogens is 2. The van der Waals surface area contributed by atoms with E-state index >= 15 is 0 Å². The smallest absolute Gasteiger partial charge is 0.335 e. The van der Waals surface area contributed by atoms with Crippen LogP contribution in [-0.4, -0.2) is 32.1 Å². The number of benzene rings is 2. The predicted octanol–water partition coefficient (Wildman–Crippen LogP) is 4.33. The highest BCUT2D eigenvalue weighted by molar-refractivity contribution is 5.90. The zero-order valence-electron chi connectivity index (χ0n) is 16.6. The standard InChI is InChI=1S/C22H15F2N5O3/c1-12-10-13(2-3-14(12)22(30)31)28-20-21-27-11-16(29(21)8-7-26-20)15-4-5-17(32-9-6-25)19(24)18(15)23/h2-5,7-8,10-11H,9H2,1H3,(H,26,28)(H,30,31). The second-order valence-corrected chi connectivity index (χ2v) is 6.76. The molecule has 0 aliphatic heterocycles. The molecule has 32 heavy (non-hydrogen) atoms. The van der Waals surface area contributed by atoms with Crippen molar-refractivity contribution in [1.82, 2.24) is 14.4 Å². The first-order valence-corrected chi connectivity index (χ1v) is 9.32. The van der Waals surface area contributed by atoms with Crippen molar-refractivity contribution in [3.05, 3.63) is 71.7 Å². The van der Waals surface area contributed by atoms with Crippen LogP contribution in [0.15, 0.2) is 48.9 Å². The lowest BCUT2D eigenvalue weighted by molar-refractivity contribution is 0.0696. The first kappa shape index (κ1) is 20.7. The molecule has 2 N–H and O–H groups in total. The number of anilines is 2. The minimum Gasteiger partial charge on any atom is -0.478 e. The molecule has 4 rings (SSSR count). The Balaban J connectivity index is 1.72. The number of rotatable bonds is 6. The van der Waals surface area contributed by atoms with Gasteiger partial charge in [-0.2, -0.15) is 9.65 Å². The van der Waals surface area contributed by atoms with Crippen molar-refractivity contribution in [3.8, 4) is 23.1 Å². The van der Waals surface area contributed by atoms with Crippen LogP contribution in [0.3, 0.4) is 0 Å². The van der Waals surface area contributed by atoms with Crippen molar-refractivity contribution < 1.29 is 23.4 Å². The van der Waals surface area contributed by atoms with E-state index < -0.39 is 24.2 Å². The van der Waals surface area contributed by atoms with Crippen molar-refractivity contribution in [3.63, 3.8) is 0 Å². The van der Waals surface area contributed by atoms with E-state index in [-0.39, 0.29) is 22.6 Å². The monoisotopic (exact) mass is 435 g/mol. The van der Waals surface area contributed by atoms with E-state index in [1.54, 1.807) is 35.7 Å². The molecule has 10 heteroatoms. The Morgan fingerprint density at radius 2 is 2.06 bits per heavy atom. The molecule has 0 radical (unpaired) electrons. The Morgan fingerprint density at radius 1 is 1.25 bits per heavy atom. The van der Waals surface area contributed by atoms with Gasteiger partial charge in [0.25, 0.3) is 0 Å². The molecule has 160 valence electrons. The van der Waals surface area contributed by atoms with Crippen LogP contribution in [-0.2, 0) is 0 Å². The fourth-order valence-electron chi connectivity index (χ4n) is 3.28. The topological polar surface area (TPSA) is 113 Å². The molecule has 2 aromatic carbocycles. The number of ether oxygens (including phenoxy) is 1. The van der Waals surface area contributed by atoms with Gasteiger partial charge in [0.05, 0.1) is 17.5 Å². The van der Waals surface area contributed by atoms with Gasteiger partial charge in [0.1, 0.15) is 6.07 Å². The normalized spacial score (nSPS) is 10.7. The number of aromatic carboxylic acids is 1. The first-order chi connectivity index (χ1) is 15.4. The quantitative estimate of drug-likeness (QED) is 0.464. The highest BCUT2D eigenvalue weighted by Crippen LogP contribution is 2.31. The second-order valence-electron chi connectivity index (χ2n) is 6.76. The third-order valence-corrected chi connectivity index (χ3v) is 4.76. The Bertz CT molecular complexity index is 1390. The molecule has 0 aliphatic carbocycles. The van der Waals surface area contributed by atoms with E-state index in [4.69, 9.17) is 10.00 Å². The van der Waals surface area contributed by atoms with Crippen LogP contribution in [0.5, 0.6) is 5.75 Å².